The summed E-state index contributed by atoms with van der Waals surface area (Å²) in [5, 5.41) is 5.31. The topological polar surface area (TPSA) is 56.5 Å². The van der Waals surface area contributed by atoms with Crippen molar-refractivity contribution in [3.8, 4) is 11.4 Å². The summed E-state index contributed by atoms with van der Waals surface area (Å²) >= 11 is 1.84. The van der Waals surface area contributed by atoms with E-state index in [0.717, 1.165) is 33.9 Å². The molecule has 0 spiro atoms. The van der Waals surface area contributed by atoms with E-state index in [1.165, 1.54) is 28.8 Å². The fourth-order valence-electron chi connectivity index (χ4n) is 3.05. The summed E-state index contributed by atoms with van der Waals surface area (Å²) in [5.41, 5.74) is 2.73. The molecule has 0 unspecified atom stereocenters. The summed E-state index contributed by atoms with van der Waals surface area (Å²) in [5.74, 6) is 1.47. The van der Waals surface area contributed by atoms with Gasteiger partial charge in [0, 0.05) is 41.5 Å². The van der Waals surface area contributed by atoms with Crippen LogP contribution in [-0.2, 0) is 7.05 Å². The van der Waals surface area contributed by atoms with Crippen molar-refractivity contribution in [3.63, 3.8) is 0 Å². The highest BCUT2D eigenvalue weighted by Gasteiger charge is 2.22. The van der Waals surface area contributed by atoms with Crippen LogP contribution in [0.3, 0.4) is 0 Å². The van der Waals surface area contributed by atoms with Crippen molar-refractivity contribution in [1.29, 1.82) is 0 Å². The summed E-state index contributed by atoms with van der Waals surface area (Å²) in [7, 11) is 1.90. The summed E-state index contributed by atoms with van der Waals surface area (Å²) in [6.45, 7) is -1.75. The third-order valence-electron chi connectivity index (χ3n) is 4.53. The molecule has 26 heavy (non-hydrogen) atoms. The monoisotopic (exact) mass is 373 g/mol. The second-order valence-electron chi connectivity index (χ2n) is 6.26. The standard InChI is InChI=1S/C17H15N5S.CH2F2/c1-22-9-12-5-11(7-18-17(12)21-22)16-19-8-15-13(20-16)6-14(23-15)10-3-2-4-10;2-1-3/h5-10H,2-4H2,1H3;1H2. The van der Waals surface area contributed by atoms with Gasteiger partial charge in [-0.05, 0) is 30.9 Å². The third-order valence-corrected chi connectivity index (χ3v) is 5.75. The lowest BCUT2D eigenvalue weighted by Crippen LogP contribution is -2.06. The molecule has 0 saturated heterocycles. The van der Waals surface area contributed by atoms with Gasteiger partial charge in [-0.15, -0.1) is 11.3 Å². The lowest BCUT2D eigenvalue weighted by Gasteiger charge is -2.23. The molecule has 134 valence electrons. The van der Waals surface area contributed by atoms with Gasteiger partial charge in [-0.3, -0.25) is 4.68 Å². The molecule has 5 nitrogen and oxygen atoms in total. The largest absolute Gasteiger partial charge is 0.273 e. The van der Waals surface area contributed by atoms with Crippen molar-refractivity contribution in [3.05, 3.63) is 35.6 Å². The predicted molar refractivity (Wildman–Crippen MR) is 98.6 cm³/mol. The zero-order chi connectivity index (χ0) is 18.1. The fourth-order valence-corrected chi connectivity index (χ4v) is 4.19. The molecule has 1 aliphatic carbocycles. The molecule has 4 heterocycles. The Kier molecular flexibility index (Phi) is 4.58. The molecule has 8 heteroatoms. The molecule has 1 aliphatic rings. The number of nitrogens with zero attached hydrogens (tertiary/aromatic N) is 5. The second kappa shape index (κ2) is 7.03. The van der Waals surface area contributed by atoms with Crippen molar-refractivity contribution in [2.24, 2.45) is 7.05 Å². The summed E-state index contributed by atoms with van der Waals surface area (Å²) in [4.78, 5) is 15.2. The van der Waals surface area contributed by atoms with Gasteiger partial charge in [0.1, 0.15) is 0 Å². The number of pyridine rings is 1. The first kappa shape index (κ1) is 17.0. The number of fused-ring (bicyclic) bond motifs is 2. The summed E-state index contributed by atoms with van der Waals surface area (Å²) < 4.78 is 22.2. The van der Waals surface area contributed by atoms with Crippen molar-refractivity contribution >= 4 is 32.6 Å². The van der Waals surface area contributed by atoms with Crippen molar-refractivity contribution in [1.82, 2.24) is 24.7 Å². The molecule has 4 aromatic rings. The van der Waals surface area contributed by atoms with Crippen LogP contribution in [0.2, 0.25) is 0 Å². The maximum absolute atomic E-state index is 9.62. The van der Waals surface area contributed by atoms with E-state index in [9.17, 15) is 8.78 Å². The number of aryl methyl sites for hydroxylation is 1. The number of aromatic nitrogens is 5. The Labute approximate surface area is 152 Å². The van der Waals surface area contributed by atoms with E-state index in [1.807, 2.05) is 30.8 Å². The first-order valence-electron chi connectivity index (χ1n) is 8.36. The molecule has 0 aliphatic heterocycles. The number of rotatable bonds is 2. The Hall–Kier alpha value is -2.48. The summed E-state index contributed by atoms with van der Waals surface area (Å²) in [6.07, 6.45) is 9.69. The quantitative estimate of drug-likeness (QED) is 0.507. The molecule has 4 aromatic heterocycles. The molecule has 0 radical (unpaired) electrons. The van der Waals surface area contributed by atoms with Gasteiger partial charge in [0.2, 0.25) is 6.93 Å². The van der Waals surface area contributed by atoms with Gasteiger partial charge in [-0.1, -0.05) is 6.42 Å². The van der Waals surface area contributed by atoms with Gasteiger partial charge in [-0.25, -0.2) is 23.7 Å². The Bertz CT molecular complexity index is 1050. The molecule has 0 amide bonds. The number of hydrogen-bond donors (Lipinski definition) is 0. The highest BCUT2D eigenvalue weighted by Crippen LogP contribution is 2.41. The molecule has 0 aromatic carbocycles. The van der Waals surface area contributed by atoms with E-state index in [0.29, 0.717) is 0 Å². The van der Waals surface area contributed by atoms with Crippen LogP contribution in [0.4, 0.5) is 8.78 Å². The first-order chi connectivity index (χ1) is 12.7. The minimum Gasteiger partial charge on any atom is -0.273 e. The van der Waals surface area contributed by atoms with Gasteiger partial charge >= 0.3 is 0 Å². The van der Waals surface area contributed by atoms with E-state index in [2.05, 4.69) is 27.2 Å². The van der Waals surface area contributed by atoms with E-state index < -0.39 is 6.93 Å². The minimum atomic E-state index is -1.75. The van der Waals surface area contributed by atoms with Crippen molar-refractivity contribution in [2.45, 2.75) is 25.2 Å². The molecule has 1 saturated carbocycles. The van der Waals surface area contributed by atoms with Gasteiger partial charge in [0.05, 0.1) is 10.2 Å². The normalized spacial score (nSPS) is 14.3. The second-order valence-corrected chi connectivity index (χ2v) is 7.38. The van der Waals surface area contributed by atoms with Crippen LogP contribution in [0, 0.1) is 0 Å². The van der Waals surface area contributed by atoms with Gasteiger partial charge in [0.15, 0.2) is 11.5 Å². The molecule has 0 bridgehead atoms. The Morgan fingerprint density at radius 3 is 2.73 bits per heavy atom. The van der Waals surface area contributed by atoms with Crippen LogP contribution in [0.15, 0.2) is 30.7 Å². The van der Waals surface area contributed by atoms with E-state index in [4.69, 9.17) is 4.98 Å². The highest BCUT2D eigenvalue weighted by atomic mass is 32.1. The zero-order valence-corrected chi connectivity index (χ0v) is 15.0. The maximum Gasteiger partial charge on any atom is 0.229 e. The average molecular weight is 373 g/mol. The smallest absolute Gasteiger partial charge is 0.229 e. The molecular formula is C18H17F2N5S. The molecule has 0 atom stereocenters. The zero-order valence-electron chi connectivity index (χ0n) is 14.2. The highest BCUT2D eigenvalue weighted by molar-refractivity contribution is 7.19. The van der Waals surface area contributed by atoms with Crippen LogP contribution >= 0.6 is 11.3 Å². The lowest BCUT2D eigenvalue weighted by molar-refractivity contribution is 0.295. The summed E-state index contributed by atoms with van der Waals surface area (Å²) in [6, 6.07) is 4.29. The van der Waals surface area contributed by atoms with Gasteiger partial charge in [-0.2, -0.15) is 5.10 Å². The molecular weight excluding hydrogens is 356 g/mol. The van der Waals surface area contributed by atoms with E-state index in [-0.39, 0.29) is 0 Å². The average Bonchev–Trinajstić information content (AvgIpc) is 3.14. The van der Waals surface area contributed by atoms with Gasteiger partial charge < -0.3 is 0 Å². The number of hydrogen-bond acceptors (Lipinski definition) is 5. The van der Waals surface area contributed by atoms with Crippen molar-refractivity contribution < 1.29 is 8.78 Å². The van der Waals surface area contributed by atoms with E-state index >= 15 is 0 Å². The number of thiophene rings is 1. The molecule has 1 fully saturated rings. The first-order valence-corrected chi connectivity index (χ1v) is 9.18. The van der Waals surface area contributed by atoms with Crippen molar-refractivity contribution in [2.75, 3.05) is 6.93 Å². The Balaban J connectivity index is 0.000000527. The van der Waals surface area contributed by atoms with Crippen LogP contribution in [0.5, 0.6) is 0 Å². The molecule has 5 rings (SSSR count). The van der Waals surface area contributed by atoms with E-state index in [1.54, 1.807) is 10.9 Å². The van der Waals surface area contributed by atoms with Gasteiger partial charge in [0.25, 0.3) is 0 Å². The van der Waals surface area contributed by atoms with Crippen LogP contribution in [0.1, 0.15) is 30.1 Å². The Morgan fingerprint density at radius 2 is 2.00 bits per heavy atom. The third kappa shape index (κ3) is 3.16. The fraction of sp³-hybridized carbons (Fsp3) is 0.333. The van der Waals surface area contributed by atoms with Crippen LogP contribution in [-0.4, -0.2) is 31.7 Å². The van der Waals surface area contributed by atoms with Crippen LogP contribution < -0.4 is 0 Å². The minimum absolute atomic E-state index is 0.730. The maximum atomic E-state index is 9.62. The lowest BCUT2D eigenvalue weighted by atomic mass is 9.84. The Morgan fingerprint density at radius 1 is 1.19 bits per heavy atom. The number of halogens is 2. The van der Waals surface area contributed by atoms with Crippen LogP contribution in [0.25, 0.3) is 32.6 Å². The predicted octanol–water partition coefficient (Wildman–Crippen LogP) is 4.79. The molecule has 0 N–H and O–H groups in total. The number of alkyl halides is 2. The SMILES string of the molecule is Cn1cc2cc(-c3ncc4sc(C5CCC5)cc4n3)cnc2n1.FCF.